The third kappa shape index (κ3) is 5.10. The number of carbonyl (C=O) groups is 2. The van der Waals surface area contributed by atoms with Crippen LogP contribution in [0.5, 0.6) is 0 Å². The number of nitrogens with one attached hydrogen (secondary N) is 1. The summed E-state index contributed by atoms with van der Waals surface area (Å²) >= 11 is 3.24. The van der Waals surface area contributed by atoms with Crippen LogP contribution in [0.1, 0.15) is 22.3 Å². The van der Waals surface area contributed by atoms with Crippen molar-refractivity contribution < 1.29 is 14.0 Å². The second-order valence-corrected chi connectivity index (χ2v) is 7.69. The van der Waals surface area contributed by atoms with Gasteiger partial charge >= 0.3 is 0 Å². The van der Waals surface area contributed by atoms with Gasteiger partial charge in [-0.3, -0.25) is 9.59 Å². The molecule has 1 N–H and O–H groups in total. The molecule has 0 bridgehead atoms. The van der Waals surface area contributed by atoms with E-state index in [2.05, 4.69) is 51.3 Å². The molecular weight excluding hydrogens is 425 g/mol. The van der Waals surface area contributed by atoms with Crippen LogP contribution < -0.4 is 10.2 Å². The molecule has 3 rings (SSSR count). The number of hydrogen-bond acceptors (Lipinski definition) is 3. The van der Waals surface area contributed by atoms with Crippen molar-refractivity contribution in [1.82, 2.24) is 10.2 Å². The summed E-state index contributed by atoms with van der Waals surface area (Å²) in [4.78, 5) is 28.7. The van der Waals surface area contributed by atoms with Gasteiger partial charge < -0.3 is 15.1 Å². The highest BCUT2D eigenvalue weighted by molar-refractivity contribution is 9.10. The van der Waals surface area contributed by atoms with Crippen molar-refractivity contribution in [3.8, 4) is 0 Å². The highest BCUT2D eigenvalue weighted by Crippen LogP contribution is 2.19. The number of nitrogens with zero attached hydrogens (tertiary/aromatic N) is 2. The maximum Gasteiger partial charge on any atom is 0.252 e. The Labute approximate surface area is 172 Å². The third-order valence-corrected chi connectivity index (χ3v) is 5.49. The van der Waals surface area contributed by atoms with Crippen molar-refractivity contribution in [2.45, 2.75) is 13.3 Å². The van der Waals surface area contributed by atoms with Crippen LogP contribution in [-0.2, 0) is 4.79 Å². The van der Waals surface area contributed by atoms with Crippen molar-refractivity contribution in [3.05, 3.63) is 63.9 Å². The topological polar surface area (TPSA) is 52.6 Å². The number of amides is 2. The molecular formula is C21H23BrFN3O2. The van der Waals surface area contributed by atoms with E-state index >= 15 is 0 Å². The van der Waals surface area contributed by atoms with E-state index in [1.807, 2.05) is 11.0 Å². The van der Waals surface area contributed by atoms with E-state index in [9.17, 15) is 14.0 Å². The Morgan fingerprint density at radius 2 is 1.86 bits per heavy atom. The molecule has 148 valence electrons. The van der Waals surface area contributed by atoms with Crippen LogP contribution in [0.3, 0.4) is 0 Å². The van der Waals surface area contributed by atoms with E-state index in [-0.39, 0.29) is 24.4 Å². The molecule has 0 aromatic heterocycles. The highest BCUT2D eigenvalue weighted by atomic mass is 79.9. The number of piperazine rings is 1. The van der Waals surface area contributed by atoms with Gasteiger partial charge in [0.15, 0.2) is 0 Å². The molecule has 7 heteroatoms. The zero-order valence-electron chi connectivity index (χ0n) is 15.8. The minimum absolute atomic E-state index is 0.0162. The molecule has 0 spiro atoms. The number of anilines is 1. The average molecular weight is 448 g/mol. The molecule has 1 heterocycles. The molecule has 0 atom stereocenters. The Morgan fingerprint density at radius 3 is 2.57 bits per heavy atom. The van der Waals surface area contributed by atoms with E-state index in [0.717, 1.165) is 13.1 Å². The number of hydrogen-bond donors (Lipinski definition) is 1. The maximum atomic E-state index is 13.3. The number of halogens is 2. The number of benzene rings is 2. The second-order valence-electron chi connectivity index (χ2n) is 6.84. The Bertz CT molecular complexity index is 866. The van der Waals surface area contributed by atoms with Crippen LogP contribution in [0.2, 0.25) is 0 Å². The lowest BCUT2D eigenvalue weighted by Crippen LogP contribution is -2.49. The zero-order chi connectivity index (χ0) is 20.1. The smallest absolute Gasteiger partial charge is 0.252 e. The molecule has 0 saturated carbocycles. The van der Waals surface area contributed by atoms with E-state index in [0.29, 0.717) is 17.6 Å². The predicted octanol–water partition coefficient (Wildman–Crippen LogP) is 3.37. The van der Waals surface area contributed by atoms with Gasteiger partial charge in [0.05, 0.1) is 5.56 Å². The van der Waals surface area contributed by atoms with Gasteiger partial charge in [0.1, 0.15) is 5.82 Å². The molecule has 0 aliphatic carbocycles. The van der Waals surface area contributed by atoms with Crippen molar-refractivity contribution in [3.63, 3.8) is 0 Å². The highest BCUT2D eigenvalue weighted by Gasteiger charge is 2.21. The molecule has 1 fully saturated rings. The summed E-state index contributed by atoms with van der Waals surface area (Å²) in [5.74, 6) is -0.859. The minimum Gasteiger partial charge on any atom is -0.368 e. The fourth-order valence-corrected chi connectivity index (χ4v) is 3.67. The normalized spacial score (nSPS) is 14.1. The van der Waals surface area contributed by atoms with E-state index in [1.54, 1.807) is 0 Å². The summed E-state index contributed by atoms with van der Waals surface area (Å²) in [5.41, 5.74) is 2.62. The van der Waals surface area contributed by atoms with Crippen LogP contribution >= 0.6 is 15.9 Å². The van der Waals surface area contributed by atoms with Crippen LogP contribution in [0.15, 0.2) is 46.9 Å². The largest absolute Gasteiger partial charge is 0.368 e. The fraction of sp³-hybridized carbons (Fsp3) is 0.333. The third-order valence-electron chi connectivity index (χ3n) is 4.80. The summed E-state index contributed by atoms with van der Waals surface area (Å²) in [6.45, 7) is 5.20. The van der Waals surface area contributed by atoms with Crippen LogP contribution in [-0.4, -0.2) is 49.4 Å². The molecule has 2 amide bonds. The Hall–Kier alpha value is -2.41. The summed E-state index contributed by atoms with van der Waals surface area (Å²) in [6, 6.07) is 12.3. The molecule has 2 aromatic rings. The monoisotopic (exact) mass is 447 g/mol. The molecule has 1 aliphatic heterocycles. The SMILES string of the molecule is Cc1cccc(N2CCN(C(=O)CCNC(=O)c3cc(F)ccc3Br)CC2)c1. The Morgan fingerprint density at radius 1 is 1.11 bits per heavy atom. The van der Waals surface area contributed by atoms with Crippen LogP contribution in [0.25, 0.3) is 0 Å². The lowest BCUT2D eigenvalue weighted by Gasteiger charge is -2.36. The lowest BCUT2D eigenvalue weighted by atomic mass is 10.2. The molecule has 0 unspecified atom stereocenters. The van der Waals surface area contributed by atoms with E-state index in [1.165, 1.54) is 29.4 Å². The molecule has 5 nitrogen and oxygen atoms in total. The molecule has 1 aliphatic rings. The number of rotatable bonds is 5. The van der Waals surface area contributed by atoms with Crippen molar-refractivity contribution in [2.75, 3.05) is 37.6 Å². The first-order chi connectivity index (χ1) is 13.4. The minimum atomic E-state index is -0.476. The zero-order valence-corrected chi connectivity index (χ0v) is 17.3. The lowest BCUT2D eigenvalue weighted by molar-refractivity contribution is -0.131. The van der Waals surface area contributed by atoms with Gasteiger partial charge in [-0.1, -0.05) is 12.1 Å². The first-order valence-corrected chi connectivity index (χ1v) is 10.1. The predicted molar refractivity (Wildman–Crippen MR) is 111 cm³/mol. The quantitative estimate of drug-likeness (QED) is 0.764. The Kier molecular flexibility index (Phi) is 6.67. The standard InChI is InChI=1S/C21H23BrFN3O2/c1-15-3-2-4-17(13-15)25-9-11-26(12-10-25)20(27)7-8-24-21(28)18-14-16(23)5-6-19(18)22/h2-6,13-14H,7-12H2,1H3,(H,24,28). The molecule has 2 aromatic carbocycles. The molecule has 28 heavy (non-hydrogen) atoms. The Balaban J connectivity index is 1.45. The number of aryl methyl sites for hydroxylation is 1. The second kappa shape index (κ2) is 9.19. The summed E-state index contributed by atoms with van der Waals surface area (Å²) in [7, 11) is 0. The van der Waals surface area contributed by atoms with Gasteiger partial charge in [-0.15, -0.1) is 0 Å². The van der Waals surface area contributed by atoms with Gasteiger partial charge in [0.25, 0.3) is 5.91 Å². The molecule has 0 radical (unpaired) electrons. The first-order valence-electron chi connectivity index (χ1n) is 9.26. The van der Waals surface area contributed by atoms with Gasteiger partial charge in [0.2, 0.25) is 5.91 Å². The van der Waals surface area contributed by atoms with E-state index in [4.69, 9.17) is 0 Å². The van der Waals surface area contributed by atoms with Crippen molar-refractivity contribution in [1.29, 1.82) is 0 Å². The number of carbonyl (C=O) groups excluding carboxylic acids is 2. The van der Waals surface area contributed by atoms with Crippen molar-refractivity contribution >= 4 is 33.4 Å². The van der Waals surface area contributed by atoms with Crippen molar-refractivity contribution in [2.24, 2.45) is 0 Å². The van der Waals surface area contributed by atoms with Crippen LogP contribution in [0, 0.1) is 12.7 Å². The van der Waals surface area contributed by atoms with Gasteiger partial charge in [-0.2, -0.15) is 0 Å². The molecule has 1 saturated heterocycles. The summed E-state index contributed by atoms with van der Waals surface area (Å²) in [5, 5.41) is 2.68. The van der Waals surface area contributed by atoms with Gasteiger partial charge in [-0.05, 0) is 58.7 Å². The first kappa shape index (κ1) is 20.3. The van der Waals surface area contributed by atoms with Gasteiger partial charge in [0, 0.05) is 49.3 Å². The fourth-order valence-electron chi connectivity index (χ4n) is 3.25. The van der Waals surface area contributed by atoms with E-state index < -0.39 is 11.7 Å². The summed E-state index contributed by atoms with van der Waals surface area (Å²) < 4.78 is 13.8. The average Bonchev–Trinajstić information content (AvgIpc) is 2.69. The van der Waals surface area contributed by atoms with Gasteiger partial charge in [-0.25, -0.2) is 4.39 Å². The summed E-state index contributed by atoms with van der Waals surface area (Å²) in [6.07, 6.45) is 0.225. The maximum absolute atomic E-state index is 13.3. The van der Waals surface area contributed by atoms with Crippen LogP contribution in [0.4, 0.5) is 10.1 Å².